The lowest BCUT2D eigenvalue weighted by Crippen LogP contribution is -2.10. The maximum absolute atomic E-state index is 13.9. The number of nitrogens with one attached hydrogen (secondary N) is 1. The molecule has 1 N–H and O–H groups in total. The van der Waals surface area contributed by atoms with Gasteiger partial charge in [-0.15, -0.1) is 0 Å². The van der Waals surface area contributed by atoms with Crippen molar-refractivity contribution in [1.82, 2.24) is 14.2 Å². The minimum absolute atomic E-state index is 0.203. The van der Waals surface area contributed by atoms with Crippen LogP contribution in [0, 0.1) is 24.4 Å². The zero-order chi connectivity index (χ0) is 23.7. The molecule has 6 rings (SSSR count). The van der Waals surface area contributed by atoms with E-state index in [-0.39, 0.29) is 5.56 Å². The van der Waals surface area contributed by atoms with Crippen LogP contribution in [0.25, 0.3) is 33.1 Å². The Hall–Kier alpha value is -4.00. The van der Waals surface area contributed by atoms with Gasteiger partial charge in [0.25, 0.3) is 0 Å². The van der Waals surface area contributed by atoms with Gasteiger partial charge >= 0.3 is 0 Å². The highest BCUT2D eigenvalue weighted by atomic mass is 19.2. The highest BCUT2D eigenvalue weighted by molar-refractivity contribution is 6.05. The number of anilines is 1. The van der Waals surface area contributed by atoms with Gasteiger partial charge in [-0.25, -0.2) is 13.2 Å². The summed E-state index contributed by atoms with van der Waals surface area (Å²) < 4.78 is 45.3. The molecule has 1 aliphatic rings. The van der Waals surface area contributed by atoms with Crippen molar-refractivity contribution in [2.45, 2.75) is 13.3 Å². The van der Waals surface area contributed by atoms with E-state index in [1.54, 1.807) is 0 Å². The van der Waals surface area contributed by atoms with Crippen molar-refractivity contribution in [2.24, 2.45) is 7.05 Å². The normalized spacial score (nSPS) is 13.0. The van der Waals surface area contributed by atoms with Crippen LogP contribution >= 0.6 is 0 Å². The first-order chi connectivity index (χ1) is 16.3. The van der Waals surface area contributed by atoms with Crippen LogP contribution in [0.3, 0.4) is 0 Å². The van der Waals surface area contributed by atoms with E-state index in [2.05, 4.69) is 36.1 Å². The van der Waals surface area contributed by atoms with Gasteiger partial charge in [-0.05, 0) is 65.9 Å². The Morgan fingerprint density at radius 2 is 1.88 bits per heavy atom. The standard InChI is InChI=1S/C27H21F3N4/c1-14-9-23-19(13-32-33(23)3)26-24(14)18-5-4-8-34-22(12-16(27(18)34)6-7-31-26)15(2)17-10-20(28)25(30)21(29)11-17/h4-5,8-13,31H,2,6-7H2,1,3H3. The number of hydrogen-bond acceptors (Lipinski definition) is 2. The van der Waals surface area contributed by atoms with E-state index in [4.69, 9.17) is 0 Å². The smallest absolute Gasteiger partial charge is 0.194 e. The minimum atomic E-state index is -1.48. The quantitative estimate of drug-likeness (QED) is 0.318. The summed E-state index contributed by atoms with van der Waals surface area (Å²) in [7, 11) is 1.93. The van der Waals surface area contributed by atoms with E-state index < -0.39 is 17.5 Å². The Morgan fingerprint density at radius 3 is 2.65 bits per heavy atom. The number of aromatic nitrogens is 3. The molecule has 0 fully saturated rings. The zero-order valence-electron chi connectivity index (χ0n) is 18.7. The van der Waals surface area contributed by atoms with Gasteiger partial charge in [-0.1, -0.05) is 12.6 Å². The Bertz CT molecular complexity index is 1640. The van der Waals surface area contributed by atoms with E-state index in [0.717, 1.165) is 62.9 Å². The Balaban J connectivity index is 1.62. The summed E-state index contributed by atoms with van der Waals surface area (Å²) in [4.78, 5) is 0. The second kappa shape index (κ2) is 7.25. The van der Waals surface area contributed by atoms with Gasteiger partial charge in [-0.2, -0.15) is 5.10 Å². The molecular weight excluding hydrogens is 437 g/mol. The molecule has 4 nitrogen and oxygen atoms in total. The molecule has 4 heterocycles. The van der Waals surface area contributed by atoms with Crippen molar-refractivity contribution in [2.75, 3.05) is 11.9 Å². The zero-order valence-corrected chi connectivity index (χ0v) is 18.7. The highest BCUT2D eigenvalue weighted by Crippen LogP contribution is 2.43. The van der Waals surface area contributed by atoms with Crippen LogP contribution in [0.4, 0.5) is 18.9 Å². The summed E-state index contributed by atoms with van der Waals surface area (Å²) in [5.41, 5.74) is 8.82. The molecule has 0 saturated carbocycles. The van der Waals surface area contributed by atoms with Gasteiger partial charge < -0.3 is 9.72 Å². The Kier molecular flexibility index (Phi) is 4.39. The maximum Gasteiger partial charge on any atom is 0.194 e. The SMILES string of the molecule is C=C(c1cc(F)c(F)c(F)c1)c1cc2c3c(cccn13)-c1c(C)cc3c(cnn3C)c1NCC2. The van der Waals surface area contributed by atoms with Gasteiger partial charge in [0, 0.05) is 36.3 Å². The average molecular weight is 458 g/mol. The summed E-state index contributed by atoms with van der Waals surface area (Å²) in [6, 6.07) is 10.2. The van der Waals surface area contributed by atoms with Gasteiger partial charge in [0.2, 0.25) is 0 Å². The van der Waals surface area contributed by atoms with E-state index in [9.17, 15) is 13.2 Å². The molecule has 1 aliphatic heterocycles. The molecule has 7 heteroatoms. The third-order valence-corrected chi connectivity index (χ3v) is 6.73. The summed E-state index contributed by atoms with van der Waals surface area (Å²) in [5.74, 6) is -3.94. The van der Waals surface area contributed by atoms with Crippen molar-refractivity contribution in [3.8, 4) is 11.1 Å². The van der Waals surface area contributed by atoms with Crippen LogP contribution in [0.1, 0.15) is 22.4 Å². The van der Waals surface area contributed by atoms with Gasteiger partial charge in [0.1, 0.15) is 0 Å². The van der Waals surface area contributed by atoms with Crippen LogP contribution in [0.2, 0.25) is 0 Å². The highest BCUT2D eigenvalue weighted by Gasteiger charge is 2.23. The fourth-order valence-corrected chi connectivity index (χ4v) is 5.12. The topological polar surface area (TPSA) is 34.3 Å². The number of hydrogen-bond donors (Lipinski definition) is 1. The number of halogens is 3. The molecule has 0 bridgehead atoms. The molecule has 0 saturated heterocycles. The second-order valence-corrected chi connectivity index (χ2v) is 8.75. The minimum Gasteiger partial charge on any atom is -0.384 e. The summed E-state index contributed by atoms with van der Waals surface area (Å²) in [6.07, 6.45) is 4.55. The largest absolute Gasteiger partial charge is 0.384 e. The fraction of sp³-hybridized carbons (Fsp3) is 0.148. The first-order valence-corrected chi connectivity index (χ1v) is 11.0. The molecule has 0 atom stereocenters. The fourth-order valence-electron chi connectivity index (χ4n) is 5.12. The third-order valence-electron chi connectivity index (χ3n) is 6.73. The van der Waals surface area contributed by atoms with Gasteiger partial charge in [0.05, 0.1) is 28.6 Å². The van der Waals surface area contributed by atoms with Crippen molar-refractivity contribution in [3.63, 3.8) is 0 Å². The van der Waals surface area contributed by atoms with E-state index in [1.165, 1.54) is 0 Å². The van der Waals surface area contributed by atoms with Crippen LogP contribution in [0.5, 0.6) is 0 Å². The predicted octanol–water partition coefficient (Wildman–Crippen LogP) is 6.25. The van der Waals surface area contributed by atoms with Crippen molar-refractivity contribution in [3.05, 3.63) is 95.2 Å². The van der Waals surface area contributed by atoms with Crippen LogP contribution in [-0.4, -0.2) is 20.7 Å². The molecule has 3 aromatic heterocycles. The second-order valence-electron chi connectivity index (χ2n) is 8.75. The van der Waals surface area contributed by atoms with E-state index in [0.29, 0.717) is 17.8 Å². The molecule has 0 aliphatic carbocycles. The maximum atomic E-state index is 13.9. The van der Waals surface area contributed by atoms with Crippen molar-refractivity contribution in [1.29, 1.82) is 0 Å². The third kappa shape index (κ3) is 2.83. The lowest BCUT2D eigenvalue weighted by molar-refractivity contribution is 0.446. The number of nitrogens with zero attached hydrogens (tertiary/aromatic N) is 3. The number of benzene rings is 2. The molecule has 5 aromatic rings. The number of fused-ring (bicyclic) bond motifs is 4. The number of rotatable bonds is 2. The van der Waals surface area contributed by atoms with Crippen molar-refractivity contribution < 1.29 is 13.2 Å². The monoisotopic (exact) mass is 458 g/mol. The van der Waals surface area contributed by atoms with E-state index in [1.807, 2.05) is 40.7 Å². The summed E-state index contributed by atoms with van der Waals surface area (Å²) in [6.45, 7) is 6.90. The molecule has 0 spiro atoms. The lowest BCUT2D eigenvalue weighted by atomic mass is 9.93. The Morgan fingerprint density at radius 1 is 1.12 bits per heavy atom. The molecule has 2 aromatic carbocycles. The van der Waals surface area contributed by atoms with E-state index >= 15 is 0 Å². The first kappa shape index (κ1) is 20.6. The van der Waals surface area contributed by atoms with Crippen molar-refractivity contribution >= 4 is 27.7 Å². The first-order valence-electron chi connectivity index (χ1n) is 11.0. The molecule has 34 heavy (non-hydrogen) atoms. The predicted molar refractivity (Wildman–Crippen MR) is 128 cm³/mol. The summed E-state index contributed by atoms with van der Waals surface area (Å²) >= 11 is 0. The molecule has 0 amide bonds. The van der Waals surface area contributed by atoms with Crippen LogP contribution in [-0.2, 0) is 13.5 Å². The van der Waals surface area contributed by atoms with Gasteiger partial charge in [-0.3, -0.25) is 4.68 Å². The number of pyridine rings is 1. The van der Waals surface area contributed by atoms with Crippen LogP contribution in [0.15, 0.2) is 55.4 Å². The molecule has 170 valence electrons. The molecule has 0 radical (unpaired) electrons. The average Bonchev–Trinajstić information content (AvgIpc) is 3.36. The van der Waals surface area contributed by atoms with Gasteiger partial charge in [0.15, 0.2) is 17.5 Å². The van der Waals surface area contributed by atoms with Crippen LogP contribution < -0.4 is 5.32 Å². The molecule has 0 unspecified atom stereocenters. The molecular formula is C27H21F3N4. The summed E-state index contributed by atoms with van der Waals surface area (Å²) in [5, 5.41) is 9.11. The number of aryl methyl sites for hydroxylation is 2. The lowest BCUT2D eigenvalue weighted by Gasteiger charge is -2.21. The Labute approximate surface area is 193 Å².